The molecule has 88 valence electrons. The number of nitrogens with two attached hydrogens (primary N) is 1. The fourth-order valence-electron chi connectivity index (χ4n) is 2.48. The molecule has 2 N–H and O–H groups in total. The summed E-state index contributed by atoms with van der Waals surface area (Å²) >= 11 is 6.15. The molecule has 0 saturated heterocycles. The molecule has 0 heterocycles. The lowest BCUT2D eigenvalue weighted by Crippen LogP contribution is -2.45. The zero-order chi connectivity index (χ0) is 12.0. The average Bonchev–Trinajstić information content (AvgIpc) is 2.96. The fraction of sp³-hybridized carbons (Fsp3) is 0.538. The Morgan fingerprint density at radius 1 is 1.38 bits per heavy atom. The van der Waals surface area contributed by atoms with Gasteiger partial charge >= 0.3 is 0 Å². The van der Waals surface area contributed by atoms with Crippen LogP contribution < -0.4 is 10.5 Å². The molecule has 2 rings (SSSR count). The summed E-state index contributed by atoms with van der Waals surface area (Å²) in [5, 5.41) is 0.663. The number of hydrogen-bond acceptors (Lipinski definition) is 2. The quantitative estimate of drug-likeness (QED) is 0.880. The van der Waals surface area contributed by atoms with E-state index in [0.29, 0.717) is 5.02 Å². The monoisotopic (exact) mass is 239 g/mol. The van der Waals surface area contributed by atoms with E-state index in [9.17, 15) is 0 Å². The van der Waals surface area contributed by atoms with Crippen molar-refractivity contribution in [1.29, 1.82) is 0 Å². The number of halogens is 1. The van der Waals surface area contributed by atoms with Crippen LogP contribution in [0.25, 0.3) is 0 Å². The van der Waals surface area contributed by atoms with Gasteiger partial charge in [0, 0.05) is 16.5 Å². The van der Waals surface area contributed by atoms with Crippen molar-refractivity contribution in [2.45, 2.75) is 37.6 Å². The summed E-state index contributed by atoms with van der Waals surface area (Å²) in [6.07, 6.45) is 2.21. The summed E-state index contributed by atoms with van der Waals surface area (Å²) < 4.78 is 5.41. The van der Waals surface area contributed by atoms with Crippen LogP contribution in [0.5, 0.6) is 5.75 Å². The molecule has 0 aliphatic heterocycles. The van der Waals surface area contributed by atoms with Crippen molar-refractivity contribution < 1.29 is 4.74 Å². The smallest absolute Gasteiger partial charge is 0.141 e. The Bertz CT molecular complexity index is 405. The highest BCUT2D eigenvalue weighted by Crippen LogP contribution is 2.57. The van der Waals surface area contributed by atoms with Gasteiger partial charge in [0.15, 0.2) is 0 Å². The van der Waals surface area contributed by atoms with Gasteiger partial charge in [0.05, 0.1) is 12.1 Å². The summed E-state index contributed by atoms with van der Waals surface area (Å²) in [5.74, 6) is 0.778. The van der Waals surface area contributed by atoms with E-state index >= 15 is 0 Å². The lowest BCUT2D eigenvalue weighted by Gasteiger charge is -2.32. The molecule has 16 heavy (non-hydrogen) atoms. The molecule has 1 fully saturated rings. The molecule has 1 aromatic rings. The Morgan fingerprint density at radius 2 is 2.00 bits per heavy atom. The average molecular weight is 240 g/mol. The van der Waals surface area contributed by atoms with E-state index in [1.165, 1.54) is 0 Å². The minimum Gasteiger partial charge on any atom is -0.495 e. The molecule has 1 aliphatic carbocycles. The first-order valence-corrected chi connectivity index (χ1v) is 5.92. The number of para-hydroxylation sites is 1. The van der Waals surface area contributed by atoms with Gasteiger partial charge in [-0.1, -0.05) is 23.7 Å². The predicted octanol–water partition coefficient (Wildman–Crippen LogP) is 3.12. The molecular formula is C13H18ClNO. The van der Waals surface area contributed by atoms with Gasteiger partial charge in [-0.2, -0.15) is 0 Å². The van der Waals surface area contributed by atoms with Crippen molar-refractivity contribution >= 4 is 11.6 Å². The number of benzene rings is 1. The molecule has 1 aromatic carbocycles. The van der Waals surface area contributed by atoms with Crippen molar-refractivity contribution in [2.75, 3.05) is 7.11 Å². The summed E-state index contributed by atoms with van der Waals surface area (Å²) in [4.78, 5) is 0. The van der Waals surface area contributed by atoms with Gasteiger partial charge in [0.1, 0.15) is 5.75 Å². The van der Waals surface area contributed by atoms with E-state index in [1.807, 2.05) is 12.1 Å². The third kappa shape index (κ3) is 1.61. The first-order chi connectivity index (χ1) is 7.42. The third-order valence-corrected chi connectivity index (χ3v) is 3.97. The van der Waals surface area contributed by atoms with Crippen molar-refractivity contribution in [2.24, 2.45) is 5.73 Å². The standard InChI is InChI=1S/C13H18ClNO/c1-12(2,15)13(7-8-13)9-5-4-6-10(14)11(9)16-3/h4-6H,7-8,15H2,1-3H3. The van der Waals surface area contributed by atoms with Gasteiger partial charge in [0.2, 0.25) is 0 Å². The van der Waals surface area contributed by atoms with Crippen LogP contribution in [0.15, 0.2) is 18.2 Å². The fourth-order valence-corrected chi connectivity index (χ4v) is 2.73. The van der Waals surface area contributed by atoms with Crippen LogP contribution in [0.1, 0.15) is 32.3 Å². The molecule has 3 heteroatoms. The van der Waals surface area contributed by atoms with Crippen LogP contribution in [0.4, 0.5) is 0 Å². The highest BCUT2D eigenvalue weighted by Gasteiger charge is 2.55. The molecule has 0 radical (unpaired) electrons. The van der Waals surface area contributed by atoms with Crippen LogP contribution >= 0.6 is 11.6 Å². The molecule has 0 bridgehead atoms. The lowest BCUT2D eigenvalue weighted by atomic mass is 9.79. The highest BCUT2D eigenvalue weighted by molar-refractivity contribution is 6.32. The zero-order valence-electron chi connectivity index (χ0n) is 10.0. The van der Waals surface area contributed by atoms with E-state index in [2.05, 4.69) is 19.9 Å². The molecular weight excluding hydrogens is 222 g/mol. The number of methoxy groups -OCH3 is 1. The summed E-state index contributed by atoms with van der Waals surface area (Å²) in [6, 6.07) is 5.89. The Balaban J connectivity index is 2.53. The van der Waals surface area contributed by atoms with Crippen molar-refractivity contribution in [1.82, 2.24) is 0 Å². The second kappa shape index (κ2) is 3.64. The van der Waals surface area contributed by atoms with Crippen LogP contribution in [0.2, 0.25) is 5.02 Å². The van der Waals surface area contributed by atoms with E-state index in [1.54, 1.807) is 7.11 Å². The summed E-state index contributed by atoms with van der Waals surface area (Å²) in [7, 11) is 1.66. The number of ether oxygens (including phenoxy) is 1. The number of rotatable bonds is 3. The van der Waals surface area contributed by atoms with E-state index < -0.39 is 0 Å². The normalized spacial score (nSPS) is 18.3. The van der Waals surface area contributed by atoms with Gasteiger partial charge in [0.25, 0.3) is 0 Å². The van der Waals surface area contributed by atoms with Crippen LogP contribution in [-0.2, 0) is 5.41 Å². The van der Waals surface area contributed by atoms with E-state index in [-0.39, 0.29) is 11.0 Å². The molecule has 0 amide bonds. The van der Waals surface area contributed by atoms with Crippen LogP contribution in [-0.4, -0.2) is 12.6 Å². The summed E-state index contributed by atoms with van der Waals surface area (Å²) in [6.45, 7) is 4.14. The Hall–Kier alpha value is -0.730. The van der Waals surface area contributed by atoms with Crippen molar-refractivity contribution in [3.8, 4) is 5.75 Å². The first kappa shape index (κ1) is 11.7. The van der Waals surface area contributed by atoms with Gasteiger partial charge in [-0.15, -0.1) is 0 Å². The summed E-state index contributed by atoms with van der Waals surface area (Å²) in [5.41, 5.74) is 7.22. The number of hydrogen-bond donors (Lipinski definition) is 1. The first-order valence-electron chi connectivity index (χ1n) is 5.54. The topological polar surface area (TPSA) is 35.2 Å². The van der Waals surface area contributed by atoms with Gasteiger partial charge in [-0.3, -0.25) is 0 Å². The van der Waals surface area contributed by atoms with E-state index in [4.69, 9.17) is 22.1 Å². The lowest BCUT2D eigenvalue weighted by molar-refractivity contribution is 0.360. The minimum absolute atomic E-state index is 0.0310. The predicted molar refractivity (Wildman–Crippen MR) is 67.2 cm³/mol. The maximum absolute atomic E-state index is 6.28. The molecule has 1 aliphatic rings. The van der Waals surface area contributed by atoms with Crippen LogP contribution in [0, 0.1) is 0 Å². The second-order valence-corrected chi connectivity index (χ2v) is 5.53. The second-order valence-electron chi connectivity index (χ2n) is 5.12. The Labute approximate surface area is 102 Å². The third-order valence-electron chi connectivity index (χ3n) is 3.67. The minimum atomic E-state index is -0.245. The largest absolute Gasteiger partial charge is 0.495 e. The van der Waals surface area contributed by atoms with Gasteiger partial charge in [-0.05, 0) is 32.8 Å². The molecule has 0 atom stereocenters. The molecule has 2 nitrogen and oxygen atoms in total. The van der Waals surface area contributed by atoms with Crippen molar-refractivity contribution in [3.63, 3.8) is 0 Å². The van der Waals surface area contributed by atoms with Crippen molar-refractivity contribution in [3.05, 3.63) is 28.8 Å². The highest BCUT2D eigenvalue weighted by atomic mass is 35.5. The molecule has 0 unspecified atom stereocenters. The molecule has 0 spiro atoms. The van der Waals surface area contributed by atoms with Gasteiger partial charge in [-0.25, -0.2) is 0 Å². The van der Waals surface area contributed by atoms with Gasteiger partial charge < -0.3 is 10.5 Å². The Kier molecular flexibility index (Phi) is 2.67. The maximum Gasteiger partial charge on any atom is 0.141 e. The Morgan fingerprint density at radius 3 is 2.44 bits per heavy atom. The van der Waals surface area contributed by atoms with E-state index in [0.717, 1.165) is 24.2 Å². The molecule has 1 saturated carbocycles. The molecule has 0 aromatic heterocycles. The van der Waals surface area contributed by atoms with Crippen LogP contribution in [0.3, 0.4) is 0 Å². The zero-order valence-corrected chi connectivity index (χ0v) is 10.8. The SMILES string of the molecule is COc1c(Cl)cccc1C1(C(C)(C)N)CC1. The maximum atomic E-state index is 6.28.